The first kappa shape index (κ1) is 12.1. The lowest BCUT2D eigenvalue weighted by Gasteiger charge is -1.99. The first-order chi connectivity index (χ1) is 9.31. The molecular formula is C17H15NS. The minimum Gasteiger partial charge on any atom is -0.241 e. The fraction of sp³-hybridized carbons (Fsp3) is 0.118. The number of aromatic nitrogens is 1. The van der Waals surface area contributed by atoms with E-state index in [4.69, 9.17) is 4.98 Å². The Kier molecular flexibility index (Phi) is 3.43. The van der Waals surface area contributed by atoms with Gasteiger partial charge in [0.05, 0.1) is 10.7 Å². The summed E-state index contributed by atoms with van der Waals surface area (Å²) in [6, 6.07) is 19.0. The third-order valence-corrected chi connectivity index (χ3v) is 3.95. The van der Waals surface area contributed by atoms with Gasteiger partial charge in [0.1, 0.15) is 0 Å². The summed E-state index contributed by atoms with van der Waals surface area (Å²) in [5.74, 6) is 0. The number of nitrogens with zero attached hydrogens (tertiary/aromatic N) is 1. The average Bonchev–Trinajstić information content (AvgIpc) is 2.91. The second-order valence-electron chi connectivity index (χ2n) is 4.65. The molecular weight excluding hydrogens is 250 g/mol. The lowest BCUT2D eigenvalue weighted by Crippen LogP contribution is -1.87. The van der Waals surface area contributed by atoms with Gasteiger partial charge in [-0.2, -0.15) is 0 Å². The van der Waals surface area contributed by atoms with E-state index in [9.17, 15) is 0 Å². The number of hydrogen-bond acceptors (Lipinski definition) is 2. The van der Waals surface area contributed by atoms with E-state index in [1.165, 1.54) is 21.7 Å². The van der Waals surface area contributed by atoms with Crippen molar-refractivity contribution in [3.8, 4) is 11.3 Å². The molecule has 0 bridgehead atoms. The van der Waals surface area contributed by atoms with Gasteiger partial charge in [-0.05, 0) is 12.5 Å². The molecule has 0 aliphatic carbocycles. The SMILES string of the molecule is Cc1ccc(Cc2nc(-c3ccccc3)cs2)cc1. The molecule has 2 aromatic carbocycles. The summed E-state index contributed by atoms with van der Waals surface area (Å²) in [5.41, 5.74) is 4.88. The first-order valence-corrected chi connectivity index (χ1v) is 7.24. The molecule has 1 nitrogen and oxygen atoms in total. The van der Waals surface area contributed by atoms with Crippen molar-refractivity contribution >= 4 is 11.3 Å². The van der Waals surface area contributed by atoms with Crippen molar-refractivity contribution in [3.63, 3.8) is 0 Å². The molecule has 1 aromatic heterocycles. The van der Waals surface area contributed by atoms with Gasteiger partial charge in [-0.15, -0.1) is 11.3 Å². The van der Waals surface area contributed by atoms with Gasteiger partial charge >= 0.3 is 0 Å². The van der Waals surface area contributed by atoms with Gasteiger partial charge in [-0.3, -0.25) is 0 Å². The quantitative estimate of drug-likeness (QED) is 0.668. The van der Waals surface area contributed by atoms with Crippen LogP contribution in [0.5, 0.6) is 0 Å². The Morgan fingerprint density at radius 2 is 1.68 bits per heavy atom. The van der Waals surface area contributed by atoms with Crippen LogP contribution in [0.2, 0.25) is 0 Å². The van der Waals surface area contributed by atoms with E-state index >= 15 is 0 Å². The molecule has 0 N–H and O–H groups in total. The molecule has 94 valence electrons. The van der Waals surface area contributed by atoms with Crippen molar-refractivity contribution in [1.82, 2.24) is 4.98 Å². The molecule has 0 fully saturated rings. The summed E-state index contributed by atoms with van der Waals surface area (Å²) in [6.45, 7) is 2.11. The predicted octanol–water partition coefficient (Wildman–Crippen LogP) is 4.71. The zero-order valence-corrected chi connectivity index (χ0v) is 11.7. The fourth-order valence-corrected chi connectivity index (χ4v) is 2.85. The Bertz CT molecular complexity index is 653. The van der Waals surface area contributed by atoms with Crippen LogP contribution < -0.4 is 0 Å². The minimum absolute atomic E-state index is 0.914. The molecule has 0 radical (unpaired) electrons. The van der Waals surface area contributed by atoms with Gasteiger partial charge in [-0.25, -0.2) is 4.98 Å². The van der Waals surface area contributed by atoms with Gasteiger partial charge in [0, 0.05) is 17.4 Å². The van der Waals surface area contributed by atoms with Crippen molar-refractivity contribution in [2.24, 2.45) is 0 Å². The second kappa shape index (κ2) is 5.37. The third-order valence-electron chi connectivity index (χ3n) is 3.10. The average molecular weight is 265 g/mol. The molecule has 0 saturated heterocycles. The summed E-state index contributed by atoms with van der Waals surface area (Å²) < 4.78 is 0. The summed E-state index contributed by atoms with van der Waals surface area (Å²) in [7, 11) is 0. The summed E-state index contributed by atoms with van der Waals surface area (Å²) in [6.07, 6.45) is 0.914. The van der Waals surface area contributed by atoms with Crippen molar-refractivity contribution in [1.29, 1.82) is 0 Å². The number of benzene rings is 2. The zero-order valence-electron chi connectivity index (χ0n) is 10.8. The number of hydrogen-bond donors (Lipinski definition) is 0. The van der Waals surface area contributed by atoms with Crippen LogP contribution in [0.4, 0.5) is 0 Å². The third kappa shape index (κ3) is 2.91. The van der Waals surface area contributed by atoms with Crippen LogP contribution >= 0.6 is 11.3 Å². The Hall–Kier alpha value is -1.93. The summed E-state index contributed by atoms with van der Waals surface area (Å²) in [5, 5.41) is 3.31. The first-order valence-electron chi connectivity index (χ1n) is 6.36. The largest absolute Gasteiger partial charge is 0.241 e. The topological polar surface area (TPSA) is 12.9 Å². The molecule has 0 spiro atoms. The van der Waals surface area contributed by atoms with E-state index in [0.29, 0.717) is 0 Å². The molecule has 19 heavy (non-hydrogen) atoms. The highest BCUT2D eigenvalue weighted by Gasteiger charge is 2.04. The molecule has 0 saturated carbocycles. The van der Waals surface area contributed by atoms with Gasteiger partial charge in [-0.1, -0.05) is 60.2 Å². The molecule has 0 aliphatic heterocycles. The highest BCUT2D eigenvalue weighted by atomic mass is 32.1. The normalized spacial score (nSPS) is 10.6. The number of thiazole rings is 1. The highest BCUT2D eigenvalue weighted by molar-refractivity contribution is 7.10. The van der Waals surface area contributed by atoms with Crippen LogP contribution in [0.15, 0.2) is 60.0 Å². The van der Waals surface area contributed by atoms with Crippen LogP contribution in [0, 0.1) is 6.92 Å². The van der Waals surface area contributed by atoms with Crippen LogP contribution in [-0.4, -0.2) is 4.98 Å². The second-order valence-corrected chi connectivity index (χ2v) is 5.60. The zero-order chi connectivity index (χ0) is 13.1. The molecule has 3 rings (SSSR count). The molecule has 0 atom stereocenters. The predicted molar refractivity (Wildman–Crippen MR) is 81.5 cm³/mol. The molecule has 0 aliphatic rings. The van der Waals surface area contributed by atoms with Crippen molar-refractivity contribution in [3.05, 3.63) is 76.1 Å². The fourth-order valence-electron chi connectivity index (χ4n) is 2.01. The van der Waals surface area contributed by atoms with Crippen LogP contribution in [0.25, 0.3) is 11.3 Å². The van der Waals surface area contributed by atoms with E-state index in [0.717, 1.165) is 12.1 Å². The number of rotatable bonds is 3. The minimum atomic E-state index is 0.914. The van der Waals surface area contributed by atoms with E-state index in [-0.39, 0.29) is 0 Å². The van der Waals surface area contributed by atoms with Crippen LogP contribution in [-0.2, 0) is 6.42 Å². The van der Waals surface area contributed by atoms with Gasteiger partial charge in [0.25, 0.3) is 0 Å². The smallest absolute Gasteiger partial charge is 0.0976 e. The standard InChI is InChI=1S/C17H15NS/c1-13-7-9-14(10-8-13)11-17-18-16(12-19-17)15-5-3-2-4-6-15/h2-10,12H,11H2,1H3. The molecule has 3 aromatic rings. The van der Waals surface area contributed by atoms with Crippen LogP contribution in [0.3, 0.4) is 0 Å². The van der Waals surface area contributed by atoms with Crippen molar-refractivity contribution < 1.29 is 0 Å². The van der Waals surface area contributed by atoms with Crippen molar-refractivity contribution in [2.75, 3.05) is 0 Å². The Labute approximate surface area is 117 Å². The maximum atomic E-state index is 4.72. The molecule has 2 heteroatoms. The highest BCUT2D eigenvalue weighted by Crippen LogP contribution is 2.23. The Morgan fingerprint density at radius 1 is 0.947 bits per heavy atom. The molecule has 0 amide bonds. The maximum Gasteiger partial charge on any atom is 0.0976 e. The number of aryl methyl sites for hydroxylation is 1. The van der Waals surface area contributed by atoms with E-state index in [2.05, 4.69) is 48.7 Å². The lowest BCUT2D eigenvalue weighted by molar-refractivity contribution is 1.14. The van der Waals surface area contributed by atoms with Gasteiger partial charge < -0.3 is 0 Å². The van der Waals surface area contributed by atoms with Gasteiger partial charge in [0.15, 0.2) is 0 Å². The van der Waals surface area contributed by atoms with E-state index < -0.39 is 0 Å². The molecule has 1 heterocycles. The van der Waals surface area contributed by atoms with Crippen molar-refractivity contribution in [2.45, 2.75) is 13.3 Å². The Morgan fingerprint density at radius 3 is 2.42 bits per heavy atom. The van der Waals surface area contributed by atoms with E-state index in [1.807, 2.05) is 18.2 Å². The Balaban J connectivity index is 1.80. The lowest BCUT2D eigenvalue weighted by atomic mass is 10.1. The van der Waals surface area contributed by atoms with E-state index in [1.54, 1.807) is 11.3 Å². The molecule has 0 unspecified atom stereocenters. The summed E-state index contributed by atoms with van der Waals surface area (Å²) in [4.78, 5) is 4.72. The summed E-state index contributed by atoms with van der Waals surface area (Å²) >= 11 is 1.73. The monoisotopic (exact) mass is 265 g/mol. The van der Waals surface area contributed by atoms with Gasteiger partial charge in [0.2, 0.25) is 0 Å². The maximum absolute atomic E-state index is 4.72. The van der Waals surface area contributed by atoms with Crippen LogP contribution in [0.1, 0.15) is 16.1 Å².